The lowest BCUT2D eigenvalue weighted by atomic mass is 9.90. The van der Waals surface area contributed by atoms with E-state index in [1.807, 2.05) is 60.7 Å². The molecule has 0 fully saturated rings. The Morgan fingerprint density at radius 2 is 1.43 bits per heavy atom. The van der Waals surface area contributed by atoms with Crippen molar-refractivity contribution in [1.82, 2.24) is 10.6 Å². The molecule has 0 unspecified atom stereocenters. The molecule has 2 aromatic carbocycles. The van der Waals surface area contributed by atoms with Crippen LogP contribution in [0.2, 0.25) is 0 Å². The lowest BCUT2D eigenvalue weighted by Crippen LogP contribution is -2.40. The van der Waals surface area contributed by atoms with E-state index in [0.717, 1.165) is 17.7 Å². The molecule has 124 valence electrons. The van der Waals surface area contributed by atoms with Crippen molar-refractivity contribution in [3.05, 3.63) is 71.8 Å². The summed E-state index contributed by atoms with van der Waals surface area (Å²) in [5, 5.41) is 6.37. The van der Waals surface area contributed by atoms with Crippen molar-refractivity contribution < 1.29 is 4.79 Å². The second-order valence-electron chi connectivity index (χ2n) is 5.46. The molecule has 23 heavy (non-hydrogen) atoms. The van der Waals surface area contributed by atoms with Crippen LogP contribution in [0.3, 0.4) is 0 Å². The first kappa shape index (κ1) is 19.2. The first-order chi connectivity index (χ1) is 10.7. The third-order valence-corrected chi connectivity index (χ3v) is 3.66. The van der Waals surface area contributed by atoms with Crippen LogP contribution in [-0.2, 0) is 4.79 Å². The lowest BCUT2D eigenvalue weighted by Gasteiger charge is -2.20. The van der Waals surface area contributed by atoms with Gasteiger partial charge in [-0.15, -0.1) is 12.4 Å². The fourth-order valence-corrected chi connectivity index (χ4v) is 2.56. The van der Waals surface area contributed by atoms with Crippen LogP contribution in [0.1, 0.15) is 30.9 Å². The van der Waals surface area contributed by atoms with E-state index in [0.29, 0.717) is 6.54 Å². The van der Waals surface area contributed by atoms with Gasteiger partial charge in [0.25, 0.3) is 0 Å². The Kier molecular flexibility index (Phi) is 8.38. The third-order valence-electron chi connectivity index (χ3n) is 3.66. The number of amides is 1. The van der Waals surface area contributed by atoms with Gasteiger partial charge in [0, 0.05) is 12.6 Å². The Hall–Kier alpha value is -1.84. The molecule has 0 heterocycles. The Labute approximate surface area is 144 Å². The van der Waals surface area contributed by atoms with Crippen LogP contribution in [-0.4, -0.2) is 25.0 Å². The van der Waals surface area contributed by atoms with E-state index < -0.39 is 0 Å². The summed E-state index contributed by atoms with van der Waals surface area (Å²) >= 11 is 0. The van der Waals surface area contributed by atoms with E-state index in [4.69, 9.17) is 0 Å². The second-order valence-corrected chi connectivity index (χ2v) is 5.46. The first-order valence-corrected chi connectivity index (χ1v) is 7.83. The van der Waals surface area contributed by atoms with Gasteiger partial charge < -0.3 is 10.6 Å². The first-order valence-electron chi connectivity index (χ1n) is 7.83. The zero-order valence-corrected chi connectivity index (χ0v) is 14.5. The highest BCUT2D eigenvalue weighted by Crippen LogP contribution is 2.24. The van der Waals surface area contributed by atoms with Gasteiger partial charge in [-0.25, -0.2) is 0 Å². The molecule has 0 radical (unpaired) electrons. The van der Waals surface area contributed by atoms with E-state index in [2.05, 4.69) is 24.5 Å². The number of likely N-dealkylation sites (N-methyl/N-ethyl adjacent to an activating group) is 1. The minimum Gasteiger partial charge on any atom is -0.354 e. The maximum Gasteiger partial charge on any atom is 0.232 e. The highest BCUT2D eigenvalue weighted by atomic mass is 35.5. The Bertz CT molecular complexity index is 535. The quantitative estimate of drug-likeness (QED) is 0.816. The zero-order chi connectivity index (χ0) is 15.8. The van der Waals surface area contributed by atoms with Gasteiger partial charge in [-0.1, -0.05) is 67.6 Å². The lowest BCUT2D eigenvalue weighted by molar-refractivity contribution is -0.121. The molecule has 1 amide bonds. The summed E-state index contributed by atoms with van der Waals surface area (Å²) in [4.78, 5) is 12.7. The van der Waals surface area contributed by atoms with Gasteiger partial charge in [-0.2, -0.15) is 0 Å². The van der Waals surface area contributed by atoms with Crippen molar-refractivity contribution >= 4 is 18.3 Å². The summed E-state index contributed by atoms with van der Waals surface area (Å²) < 4.78 is 0. The average Bonchev–Trinajstić information content (AvgIpc) is 2.55. The summed E-state index contributed by atoms with van der Waals surface area (Å²) in [6, 6.07) is 20.1. The van der Waals surface area contributed by atoms with E-state index in [1.54, 1.807) is 0 Å². The monoisotopic (exact) mass is 332 g/mol. The molecule has 0 saturated heterocycles. The molecule has 0 aliphatic carbocycles. The standard InChI is InChI=1S/C19H24N2O.ClH/c1-3-20-15(2)14-21-19(22)18(16-10-6-4-7-11-16)17-12-8-5-9-13-17;/h4-13,15,18,20H,3,14H2,1-2H3,(H,21,22);1H/t15-;/m1./s1. The number of carbonyl (C=O) groups is 1. The van der Waals surface area contributed by atoms with Gasteiger partial charge in [0.05, 0.1) is 5.92 Å². The molecule has 0 bridgehead atoms. The Balaban J connectivity index is 0.00000264. The van der Waals surface area contributed by atoms with Gasteiger partial charge in [-0.05, 0) is 24.6 Å². The van der Waals surface area contributed by atoms with E-state index in [9.17, 15) is 4.79 Å². The fraction of sp³-hybridized carbons (Fsp3) is 0.316. The average molecular weight is 333 g/mol. The number of halogens is 1. The molecule has 0 aliphatic rings. The molecule has 2 rings (SSSR count). The van der Waals surface area contributed by atoms with Gasteiger partial charge in [-0.3, -0.25) is 4.79 Å². The minimum atomic E-state index is -0.267. The van der Waals surface area contributed by atoms with E-state index in [1.165, 1.54) is 0 Å². The largest absolute Gasteiger partial charge is 0.354 e. The van der Waals surface area contributed by atoms with Crippen LogP contribution in [0, 0.1) is 0 Å². The van der Waals surface area contributed by atoms with Crippen molar-refractivity contribution in [2.75, 3.05) is 13.1 Å². The van der Waals surface area contributed by atoms with Crippen LogP contribution in [0.15, 0.2) is 60.7 Å². The number of nitrogens with one attached hydrogen (secondary N) is 2. The number of rotatable bonds is 7. The van der Waals surface area contributed by atoms with Gasteiger partial charge in [0.1, 0.15) is 0 Å². The van der Waals surface area contributed by atoms with Crippen molar-refractivity contribution in [3.63, 3.8) is 0 Å². The summed E-state index contributed by atoms with van der Waals surface area (Å²) in [7, 11) is 0. The van der Waals surface area contributed by atoms with Crippen LogP contribution >= 0.6 is 12.4 Å². The Morgan fingerprint density at radius 3 is 1.87 bits per heavy atom. The van der Waals surface area contributed by atoms with Crippen molar-refractivity contribution in [1.29, 1.82) is 0 Å². The number of hydrogen-bond donors (Lipinski definition) is 2. The zero-order valence-electron chi connectivity index (χ0n) is 13.7. The normalized spacial score (nSPS) is 11.6. The van der Waals surface area contributed by atoms with Gasteiger partial charge in [0.15, 0.2) is 0 Å². The predicted octanol–water partition coefficient (Wildman–Crippen LogP) is 3.35. The molecular weight excluding hydrogens is 308 g/mol. The molecule has 4 heteroatoms. The van der Waals surface area contributed by atoms with E-state index >= 15 is 0 Å². The van der Waals surface area contributed by atoms with Crippen molar-refractivity contribution in [3.8, 4) is 0 Å². The highest BCUT2D eigenvalue weighted by molar-refractivity contribution is 5.87. The molecule has 2 N–H and O–H groups in total. The molecule has 0 saturated carbocycles. The fourth-order valence-electron chi connectivity index (χ4n) is 2.56. The maximum atomic E-state index is 12.7. The highest BCUT2D eigenvalue weighted by Gasteiger charge is 2.22. The molecule has 0 aliphatic heterocycles. The van der Waals surface area contributed by atoms with Gasteiger partial charge >= 0.3 is 0 Å². The number of benzene rings is 2. The second kappa shape index (κ2) is 10.0. The van der Waals surface area contributed by atoms with Crippen LogP contribution in [0.25, 0.3) is 0 Å². The molecule has 2 aromatic rings. The smallest absolute Gasteiger partial charge is 0.232 e. The summed E-state index contributed by atoms with van der Waals surface area (Å²) in [5.74, 6) is -0.224. The molecule has 0 spiro atoms. The minimum absolute atomic E-state index is 0. The Morgan fingerprint density at radius 1 is 0.957 bits per heavy atom. The predicted molar refractivity (Wildman–Crippen MR) is 98.1 cm³/mol. The van der Waals surface area contributed by atoms with Crippen LogP contribution in [0.5, 0.6) is 0 Å². The van der Waals surface area contributed by atoms with Crippen LogP contribution in [0.4, 0.5) is 0 Å². The molecular formula is C19H25ClN2O. The van der Waals surface area contributed by atoms with Crippen molar-refractivity contribution in [2.45, 2.75) is 25.8 Å². The maximum absolute atomic E-state index is 12.7. The number of carbonyl (C=O) groups excluding carboxylic acids is 1. The van der Waals surface area contributed by atoms with Crippen molar-refractivity contribution in [2.24, 2.45) is 0 Å². The summed E-state index contributed by atoms with van der Waals surface area (Å²) in [5.41, 5.74) is 2.03. The third kappa shape index (κ3) is 5.70. The topological polar surface area (TPSA) is 41.1 Å². The summed E-state index contributed by atoms with van der Waals surface area (Å²) in [6.07, 6.45) is 0. The molecule has 0 aromatic heterocycles. The van der Waals surface area contributed by atoms with E-state index in [-0.39, 0.29) is 30.3 Å². The molecule has 1 atom stereocenters. The SMILES string of the molecule is CCN[C@H](C)CNC(=O)C(c1ccccc1)c1ccccc1.Cl. The summed E-state index contributed by atoms with van der Waals surface area (Å²) in [6.45, 7) is 5.67. The number of hydrogen-bond acceptors (Lipinski definition) is 2. The van der Waals surface area contributed by atoms with Crippen LogP contribution < -0.4 is 10.6 Å². The molecule has 3 nitrogen and oxygen atoms in total. The van der Waals surface area contributed by atoms with Gasteiger partial charge in [0.2, 0.25) is 5.91 Å².